The fourth-order valence-corrected chi connectivity index (χ4v) is 4.06. The highest BCUT2D eigenvalue weighted by Crippen LogP contribution is 2.36. The number of carbonyl (C=O) groups excluding carboxylic acids is 1. The van der Waals surface area contributed by atoms with Crippen molar-refractivity contribution in [1.29, 1.82) is 0 Å². The summed E-state index contributed by atoms with van der Waals surface area (Å²) in [7, 11) is 1.58. The first-order valence-electron chi connectivity index (χ1n) is 9.52. The molecular weight excluding hydrogens is 509 g/mol. The summed E-state index contributed by atoms with van der Waals surface area (Å²) in [4.78, 5) is 12.4. The van der Waals surface area contributed by atoms with Gasteiger partial charge in [0.1, 0.15) is 5.82 Å². The van der Waals surface area contributed by atoms with Crippen LogP contribution in [-0.4, -0.2) is 40.1 Å². The lowest BCUT2D eigenvalue weighted by Gasteiger charge is -2.14. The third-order valence-corrected chi connectivity index (χ3v) is 5.87. The Hall–Kier alpha value is -2.37. The normalized spacial score (nSPS) is 11.5. The number of hydrogen-bond acceptors (Lipinski definition) is 5. The maximum absolute atomic E-state index is 13.3. The molecule has 1 heterocycles. The number of anilines is 1. The minimum Gasteiger partial charge on any atom is -0.383 e. The van der Waals surface area contributed by atoms with E-state index < -0.39 is 17.6 Å². The minimum absolute atomic E-state index is 0.121. The Balaban J connectivity index is 1.70. The number of aromatic nitrogens is 3. The zero-order chi connectivity index (χ0) is 23.1. The minimum atomic E-state index is -4.59. The van der Waals surface area contributed by atoms with Crippen molar-refractivity contribution in [3.63, 3.8) is 0 Å². The van der Waals surface area contributed by atoms with E-state index in [4.69, 9.17) is 4.74 Å². The molecular formula is C21H20BrF3N4O2S. The van der Waals surface area contributed by atoms with Crippen LogP contribution in [0.2, 0.25) is 0 Å². The SMILES string of the molecule is COCCn1c(Cc2ccccc2)nnc1SCC(=O)Nc1ccc(Br)cc1C(F)(F)F. The molecule has 0 aliphatic heterocycles. The van der Waals surface area contributed by atoms with Crippen LogP contribution in [0.3, 0.4) is 0 Å². The van der Waals surface area contributed by atoms with E-state index in [9.17, 15) is 18.0 Å². The van der Waals surface area contributed by atoms with E-state index in [1.54, 1.807) is 7.11 Å². The van der Waals surface area contributed by atoms with Gasteiger partial charge in [-0.05, 0) is 23.8 Å². The smallest absolute Gasteiger partial charge is 0.383 e. The number of hydrogen-bond donors (Lipinski definition) is 1. The van der Waals surface area contributed by atoms with Gasteiger partial charge in [0, 0.05) is 24.5 Å². The molecule has 0 aliphatic carbocycles. The quantitative estimate of drug-likeness (QED) is 0.394. The molecule has 170 valence electrons. The summed E-state index contributed by atoms with van der Waals surface area (Å²) in [5.41, 5.74) is -0.154. The van der Waals surface area contributed by atoms with Gasteiger partial charge in [0.2, 0.25) is 5.91 Å². The molecule has 0 unspecified atom stereocenters. The van der Waals surface area contributed by atoms with Gasteiger partial charge in [0.15, 0.2) is 5.16 Å². The highest BCUT2D eigenvalue weighted by Gasteiger charge is 2.34. The van der Waals surface area contributed by atoms with Crippen LogP contribution in [-0.2, 0) is 28.7 Å². The number of alkyl halides is 3. The van der Waals surface area contributed by atoms with Gasteiger partial charge in [0.25, 0.3) is 0 Å². The molecule has 0 spiro atoms. The molecule has 1 aromatic heterocycles. The van der Waals surface area contributed by atoms with Gasteiger partial charge in [-0.2, -0.15) is 13.2 Å². The lowest BCUT2D eigenvalue weighted by molar-refractivity contribution is -0.137. The average Bonchev–Trinajstić information content (AvgIpc) is 3.13. The van der Waals surface area contributed by atoms with Crippen LogP contribution >= 0.6 is 27.7 Å². The van der Waals surface area contributed by atoms with Gasteiger partial charge < -0.3 is 14.6 Å². The van der Waals surface area contributed by atoms with Crippen molar-refractivity contribution in [1.82, 2.24) is 14.8 Å². The summed E-state index contributed by atoms with van der Waals surface area (Å²) < 4.78 is 47.1. The summed E-state index contributed by atoms with van der Waals surface area (Å²) in [5, 5.41) is 11.2. The van der Waals surface area contributed by atoms with E-state index >= 15 is 0 Å². The molecule has 0 saturated carbocycles. The van der Waals surface area contributed by atoms with Crippen molar-refractivity contribution in [3.8, 4) is 0 Å². The number of rotatable bonds is 9. The van der Waals surface area contributed by atoms with Crippen molar-refractivity contribution < 1.29 is 22.7 Å². The molecule has 32 heavy (non-hydrogen) atoms. The molecule has 11 heteroatoms. The number of halogens is 4. The van der Waals surface area contributed by atoms with Crippen molar-refractivity contribution in [2.45, 2.75) is 24.3 Å². The highest BCUT2D eigenvalue weighted by atomic mass is 79.9. The predicted molar refractivity (Wildman–Crippen MR) is 120 cm³/mol. The van der Waals surface area contributed by atoms with E-state index in [-0.39, 0.29) is 15.9 Å². The third kappa shape index (κ3) is 6.57. The first-order valence-corrected chi connectivity index (χ1v) is 11.3. The lowest BCUT2D eigenvalue weighted by Crippen LogP contribution is -2.18. The average molecular weight is 529 g/mol. The van der Waals surface area contributed by atoms with Gasteiger partial charge in [-0.3, -0.25) is 4.79 Å². The summed E-state index contributed by atoms with van der Waals surface area (Å²) in [6.07, 6.45) is -4.04. The maximum Gasteiger partial charge on any atom is 0.418 e. The highest BCUT2D eigenvalue weighted by molar-refractivity contribution is 9.10. The summed E-state index contributed by atoms with van der Waals surface area (Å²) >= 11 is 4.13. The summed E-state index contributed by atoms with van der Waals surface area (Å²) in [6, 6.07) is 13.3. The number of nitrogens with one attached hydrogen (secondary N) is 1. The Morgan fingerprint density at radius 1 is 1.19 bits per heavy atom. The topological polar surface area (TPSA) is 69.0 Å². The second-order valence-corrected chi connectivity index (χ2v) is 8.59. The van der Waals surface area contributed by atoms with Crippen molar-refractivity contribution in [3.05, 3.63) is 70.0 Å². The number of thioether (sulfide) groups is 1. The second-order valence-electron chi connectivity index (χ2n) is 6.73. The van der Waals surface area contributed by atoms with E-state index in [0.717, 1.165) is 23.4 Å². The molecule has 0 bridgehead atoms. The van der Waals surface area contributed by atoms with Gasteiger partial charge in [-0.25, -0.2) is 0 Å². The lowest BCUT2D eigenvalue weighted by atomic mass is 10.1. The van der Waals surface area contributed by atoms with Crippen LogP contribution in [0.25, 0.3) is 0 Å². The van der Waals surface area contributed by atoms with Gasteiger partial charge in [-0.1, -0.05) is 58.0 Å². The van der Waals surface area contributed by atoms with E-state index in [1.807, 2.05) is 34.9 Å². The predicted octanol–water partition coefficient (Wildman–Crippen LogP) is 5.03. The molecule has 6 nitrogen and oxygen atoms in total. The van der Waals surface area contributed by atoms with Crippen LogP contribution in [0, 0.1) is 0 Å². The van der Waals surface area contributed by atoms with E-state index in [0.29, 0.717) is 30.6 Å². The van der Waals surface area contributed by atoms with Crippen molar-refractivity contribution in [2.24, 2.45) is 0 Å². The van der Waals surface area contributed by atoms with Crippen LogP contribution in [0.15, 0.2) is 58.2 Å². The van der Waals surface area contributed by atoms with Crippen molar-refractivity contribution in [2.75, 3.05) is 24.8 Å². The molecule has 0 aliphatic rings. The summed E-state index contributed by atoms with van der Waals surface area (Å²) in [5.74, 6) is 0.0150. The fraction of sp³-hybridized carbons (Fsp3) is 0.286. The molecule has 1 N–H and O–H groups in total. The molecule has 2 aromatic carbocycles. The monoisotopic (exact) mass is 528 g/mol. The number of amides is 1. The molecule has 3 aromatic rings. The molecule has 0 saturated heterocycles. The van der Waals surface area contributed by atoms with Gasteiger partial charge in [-0.15, -0.1) is 10.2 Å². The molecule has 1 amide bonds. The number of ether oxygens (including phenoxy) is 1. The van der Waals surface area contributed by atoms with Crippen LogP contribution in [0.1, 0.15) is 17.0 Å². The number of carbonyl (C=O) groups is 1. The standard InChI is InChI=1S/C21H20BrF3N4O2S/c1-31-10-9-29-18(11-14-5-3-2-4-6-14)27-28-20(29)32-13-19(30)26-17-8-7-15(22)12-16(17)21(23,24)25/h2-8,12H,9-11,13H2,1H3,(H,26,30). The van der Waals surface area contributed by atoms with Gasteiger partial charge in [0.05, 0.1) is 23.6 Å². The Bertz CT molecular complexity index is 1060. The first-order chi connectivity index (χ1) is 15.3. The zero-order valence-electron chi connectivity index (χ0n) is 17.0. The molecule has 0 atom stereocenters. The number of benzene rings is 2. The Morgan fingerprint density at radius 2 is 1.94 bits per heavy atom. The Morgan fingerprint density at radius 3 is 2.62 bits per heavy atom. The Kier molecular flexibility index (Phi) is 8.32. The Labute approximate surface area is 195 Å². The maximum atomic E-state index is 13.3. The first kappa shape index (κ1) is 24.3. The van der Waals surface area contributed by atoms with Gasteiger partial charge >= 0.3 is 6.18 Å². The summed E-state index contributed by atoms with van der Waals surface area (Å²) in [6.45, 7) is 0.911. The van der Waals surface area contributed by atoms with Crippen LogP contribution in [0.4, 0.5) is 18.9 Å². The molecule has 0 fully saturated rings. The van der Waals surface area contributed by atoms with Crippen LogP contribution in [0.5, 0.6) is 0 Å². The van der Waals surface area contributed by atoms with Crippen LogP contribution < -0.4 is 5.32 Å². The fourth-order valence-electron chi connectivity index (χ4n) is 2.92. The molecule has 3 rings (SSSR count). The third-order valence-electron chi connectivity index (χ3n) is 4.41. The second kappa shape index (κ2) is 11.0. The molecule has 0 radical (unpaired) electrons. The van der Waals surface area contributed by atoms with E-state index in [1.165, 1.54) is 12.1 Å². The number of nitrogens with zero attached hydrogens (tertiary/aromatic N) is 3. The van der Waals surface area contributed by atoms with Crippen molar-refractivity contribution >= 4 is 39.3 Å². The zero-order valence-corrected chi connectivity index (χ0v) is 19.4. The van der Waals surface area contributed by atoms with E-state index in [2.05, 4.69) is 31.4 Å². The number of methoxy groups -OCH3 is 1. The largest absolute Gasteiger partial charge is 0.418 e.